The molecule has 0 saturated heterocycles. The number of nitrogens with zero attached hydrogens (tertiary/aromatic N) is 2. The third-order valence-electron chi connectivity index (χ3n) is 3.93. The quantitative estimate of drug-likeness (QED) is 0.805. The van der Waals surface area contributed by atoms with Crippen LogP contribution in [0.15, 0.2) is 24.3 Å². The summed E-state index contributed by atoms with van der Waals surface area (Å²) in [6.07, 6.45) is -1.16. The van der Waals surface area contributed by atoms with Crippen molar-refractivity contribution in [2.45, 2.75) is 32.1 Å². The molecule has 1 aliphatic carbocycles. The zero-order valence-electron chi connectivity index (χ0n) is 14.8. The SMILES string of the molecule is COc1ccc(NC(C)=O)cc1NC(=O)c1cc(C(F)F)nc(C2CC2)n1. The minimum atomic E-state index is -2.80. The van der Waals surface area contributed by atoms with E-state index in [2.05, 4.69) is 20.6 Å². The summed E-state index contributed by atoms with van der Waals surface area (Å²) in [6.45, 7) is 1.36. The zero-order valence-corrected chi connectivity index (χ0v) is 14.8. The Kier molecular flexibility index (Phi) is 5.29. The van der Waals surface area contributed by atoms with Crippen LogP contribution in [0.5, 0.6) is 5.75 Å². The number of alkyl halides is 2. The molecule has 0 radical (unpaired) electrons. The Morgan fingerprint density at radius 3 is 2.52 bits per heavy atom. The second-order valence-corrected chi connectivity index (χ2v) is 6.16. The highest BCUT2D eigenvalue weighted by Crippen LogP contribution is 2.38. The molecule has 2 amide bonds. The van der Waals surface area contributed by atoms with Crippen LogP contribution >= 0.6 is 0 Å². The molecule has 2 N–H and O–H groups in total. The summed E-state index contributed by atoms with van der Waals surface area (Å²) < 4.78 is 31.4. The minimum Gasteiger partial charge on any atom is -0.495 e. The third kappa shape index (κ3) is 4.55. The molecule has 1 fully saturated rings. The molecule has 1 aliphatic rings. The number of rotatable bonds is 6. The fourth-order valence-corrected chi connectivity index (χ4v) is 2.51. The fourth-order valence-electron chi connectivity index (χ4n) is 2.51. The maximum atomic E-state index is 13.1. The van der Waals surface area contributed by atoms with Crippen LogP contribution in [0.4, 0.5) is 20.2 Å². The molecular formula is C18H18F2N4O3. The van der Waals surface area contributed by atoms with Crippen LogP contribution in [-0.4, -0.2) is 28.9 Å². The van der Waals surface area contributed by atoms with Gasteiger partial charge in [-0.15, -0.1) is 0 Å². The molecule has 9 heteroatoms. The summed E-state index contributed by atoms with van der Waals surface area (Å²) in [5.74, 6) is -0.309. The van der Waals surface area contributed by atoms with Gasteiger partial charge in [-0.1, -0.05) is 0 Å². The van der Waals surface area contributed by atoms with E-state index in [0.717, 1.165) is 18.9 Å². The van der Waals surface area contributed by atoms with Crippen LogP contribution in [0, 0.1) is 0 Å². The molecule has 0 atom stereocenters. The molecule has 7 nitrogen and oxygen atoms in total. The van der Waals surface area contributed by atoms with Gasteiger partial charge in [0, 0.05) is 18.5 Å². The van der Waals surface area contributed by atoms with Crippen molar-refractivity contribution in [3.05, 3.63) is 41.5 Å². The van der Waals surface area contributed by atoms with Crippen LogP contribution in [0.2, 0.25) is 0 Å². The number of methoxy groups -OCH3 is 1. The monoisotopic (exact) mass is 376 g/mol. The lowest BCUT2D eigenvalue weighted by molar-refractivity contribution is -0.114. The van der Waals surface area contributed by atoms with Crippen LogP contribution in [0.25, 0.3) is 0 Å². The Bertz CT molecular complexity index is 865. The molecule has 1 aromatic heterocycles. The van der Waals surface area contributed by atoms with E-state index in [1.165, 1.54) is 20.1 Å². The van der Waals surface area contributed by atoms with Gasteiger partial charge in [0.2, 0.25) is 5.91 Å². The zero-order chi connectivity index (χ0) is 19.6. The summed E-state index contributed by atoms with van der Waals surface area (Å²) in [7, 11) is 1.42. The van der Waals surface area contributed by atoms with Gasteiger partial charge >= 0.3 is 0 Å². The highest BCUT2D eigenvalue weighted by molar-refractivity contribution is 6.04. The first-order valence-electron chi connectivity index (χ1n) is 8.31. The summed E-state index contributed by atoms with van der Waals surface area (Å²) in [6, 6.07) is 5.67. The molecule has 0 bridgehead atoms. The summed E-state index contributed by atoms with van der Waals surface area (Å²) in [5.41, 5.74) is 0.109. The van der Waals surface area contributed by atoms with Crippen molar-refractivity contribution in [2.75, 3.05) is 17.7 Å². The van der Waals surface area contributed by atoms with Crippen molar-refractivity contribution >= 4 is 23.2 Å². The van der Waals surface area contributed by atoms with Gasteiger partial charge in [-0.05, 0) is 37.1 Å². The van der Waals surface area contributed by atoms with Crippen LogP contribution in [0.1, 0.15) is 54.1 Å². The van der Waals surface area contributed by atoms with E-state index in [0.29, 0.717) is 11.4 Å². The van der Waals surface area contributed by atoms with Crippen LogP contribution < -0.4 is 15.4 Å². The van der Waals surface area contributed by atoms with Crippen molar-refractivity contribution in [3.8, 4) is 5.75 Å². The lowest BCUT2D eigenvalue weighted by atomic mass is 10.2. The number of carbonyl (C=O) groups excluding carboxylic acids is 2. The second kappa shape index (κ2) is 7.65. The molecule has 1 heterocycles. The molecular weight excluding hydrogens is 358 g/mol. The van der Waals surface area contributed by atoms with Gasteiger partial charge in [0.25, 0.3) is 12.3 Å². The lowest BCUT2D eigenvalue weighted by Crippen LogP contribution is -2.17. The highest BCUT2D eigenvalue weighted by Gasteiger charge is 2.29. The standard InChI is InChI=1S/C18H18F2N4O3/c1-9(25)21-11-5-6-15(27-2)12(7-11)24-18(26)14-8-13(16(19)20)22-17(23-14)10-3-4-10/h5-8,10,16H,3-4H2,1-2H3,(H,21,25)(H,24,26). The second-order valence-electron chi connectivity index (χ2n) is 6.16. The minimum absolute atomic E-state index is 0.0212. The number of halogens is 2. The Balaban J connectivity index is 1.89. The van der Waals surface area contributed by atoms with Crippen molar-refractivity contribution in [1.29, 1.82) is 0 Å². The van der Waals surface area contributed by atoms with Crippen LogP contribution in [-0.2, 0) is 4.79 Å². The van der Waals surface area contributed by atoms with Gasteiger partial charge in [-0.25, -0.2) is 18.7 Å². The smallest absolute Gasteiger partial charge is 0.280 e. The van der Waals surface area contributed by atoms with Gasteiger partial charge in [-0.2, -0.15) is 0 Å². The fraction of sp³-hybridized carbons (Fsp3) is 0.333. The summed E-state index contributed by atoms with van der Waals surface area (Å²) in [4.78, 5) is 31.8. The first-order chi connectivity index (χ1) is 12.9. The van der Waals surface area contributed by atoms with Crippen molar-refractivity contribution in [2.24, 2.45) is 0 Å². The molecule has 142 valence electrons. The predicted octanol–water partition coefficient (Wildman–Crippen LogP) is 3.51. The molecule has 2 aromatic rings. The molecule has 1 saturated carbocycles. The maximum absolute atomic E-state index is 13.1. The van der Waals surface area contributed by atoms with E-state index in [4.69, 9.17) is 4.74 Å². The molecule has 1 aromatic carbocycles. The van der Waals surface area contributed by atoms with E-state index in [-0.39, 0.29) is 29.0 Å². The van der Waals surface area contributed by atoms with Gasteiger partial charge in [0.15, 0.2) is 0 Å². The Morgan fingerprint density at radius 1 is 1.19 bits per heavy atom. The van der Waals surface area contributed by atoms with E-state index in [1.807, 2.05) is 0 Å². The maximum Gasteiger partial charge on any atom is 0.280 e. The van der Waals surface area contributed by atoms with Gasteiger partial charge in [-0.3, -0.25) is 9.59 Å². The third-order valence-corrected chi connectivity index (χ3v) is 3.93. The number of amides is 2. The van der Waals surface area contributed by atoms with Gasteiger partial charge < -0.3 is 15.4 Å². The number of hydrogen-bond donors (Lipinski definition) is 2. The Morgan fingerprint density at radius 2 is 1.93 bits per heavy atom. The number of carbonyl (C=O) groups is 2. The molecule has 0 spiro atoms. The van der Waals surface area contributed by atoms with Crippen molar-refractivity contribution in [3.63, 3.8) is 0 Å². The molecule has 0 unspecified atom stereocenters. The summed E-state index contributed by atoms with van der Waals surface area (Å²) >= 11 is 0. The largest absolute Gasteiger partial charge is 0.495 e. The molecule has 27 heavy (non-hydrogen) atoms. The Labute approximate surface area is 154 Å². The van der Waals surface area contributed by atoms with Crippen LogP contribution in [0.3, 0.4) is 0 Å². The average molecular weight is 376 g/mol. The van der Waals surface area contributed by atoms with E-state index in [9.17, 15) is 18.4 Å². The van der Waals surface area contributed by atoms with Crippen molar-refractivity contribution < 1.29 is 23.1 Å². The summed E-state index contributed by atoms with van der Waals surface area (Å²) in [5, 5.41) is 5.19. The number of ether oxygens (including phenoxy) is 1. The topological polar surface area (TPSA) is 93.2 Å². The number of benzene rings is 1. The number of hydrogen-bond acceptors (Lipinski definition) is 5. The number of aromatic nitrogens is 2. The van der Waals surface area contributed by atoms with Gasteiger partial charge in [0.05, 0.1) is 12.8 Å². The first-order valence-corrected chi connectivity index (χ1v) is 8.31. The van der Waals surface area contributed by atoms with E-state index < -0.39 is 18.0 Å². The Hall–Kier alpha value is -3.10. The van der Waals surface area contributed by atoms with E-state index in [1.54, 1.807) is 12.1 Å². The number of anilines is 2. The normalized spacial score (nSPS) is 13.4. The number of nitrogens with one attached hydrogen (secondary N) is 2. The molecule has 0 aliphatic heterocycles. The van der Waals surface area contributed by atoms with E-state index >= 15 is 0 Å². The highest BCUT2D eigenvalue weighted by atomic mass is 19.3. The molecule has 3 rings (SSSR count). The van der Waals surface area contributed by atoms with Crippen molar-refractivity contribution in [1.82, 2.24) is 9.97 Å². The average Bonchev–Trinajstić information content (AvgIpc) is 3.46. The van der Waals surface area contributed by atoms with Gasteiger partial charge in [0.1, 0.15) is 23.0 Å². The predicted molar refractivity (Wildman–Crippen MR) is 94.2 cm³/mol. The lowest BCUT2D eigenvalue weighted by Gasteiger charge is -2.13. The first kappa shape index (κ1) is 18.7.